The third-order valence-corrected chi connectivity index (χ3v) is 2.03. The first-order chi connectivity index (χ1) is 6.32. The molecule has 0 heterocycles. The van der Waals surface area contributed by atoms with E-state index >= 15 is 0 Å². The second-order valence-electron chi connectivity index (χ2n) is 4.28. The highest BCUT2D eigenvalue weighted by Gasteiger charge is 2.24. The van der Waals surface area contributed by atoms with E-state index in [0.29, 0.717) is 11.3 Å². The molecule has 76 valence electrons. The summed E-state index contributed by atoms with van der Waals surface area (Å²) in [5.41, 5.74) is 6.49. The molecule has 0 aliphatic rings. The molecule has 1 aromatic rings. The lowest BCUT2D eigenvalue weighted by atomic mass is 9.86. The summed E-state index contributed by atoms with van der Waals surface area (Å²) in [5, 5.41) is 10.8. The highest BCUT2D eigenvalue weighted by Crippen LogP contribution is 2.32. The maximum Gasteiger partial charge on any atom is 0.275 e. The molecule has 2 N–H and O–H groups in total. The second-order valence-corrected chi connectivity index (χ2v) is 4.28. The topological polar surface area (TPSA) is 69.2 Å². The van der Waals surface area contributed by atoms with Gasteiger partial charge in [-0.1, -0.05) is 20.8 Å². The number of nitrogen functional groups attached to an aromatic ring is 1. The molecule has 4 heteroatoms. The minimum atomic E-state index is -0.392. The first kappa shape index (κ1) is 10.5. The van der Waals surface area contributed by atoms with E-state index in [1.807, 2.05) is 20.8 Å². The lowest BCUT2D eigenvalue weighted by molar-refractivity contribution is -0.385. The van der Waals surface area contributed by atoms with Gasteiger partial charge in [0.2, 0.25) is 0 Å². The van der Waals surface area contributed by atoms with Crippen LogP contribution >= 0.6 is 0 Å². The third kappa shape index (κ3) is 2.02. The van der Waals surface area contributed by atoms with Gasteiger partial charge < -0.3 is 5.73 Å². The summed E-state index contributed by atoms with van der Waals surface area (Å²) < 4.78 is 0. The van der Waals surface area contributed by atoms with E-state index in [9.17, 15) is 10.1 Å². The fraction of sp³-hybridized carbons (Fsp3) is 0.400. The van der Waals surface area contributed by atoms with Gasteiger partial charge >= 0.3 is 0 Å². The Bertz CT molecular complexity index is 367. The standard InChI is InChI=1S/C10H14N2O2/c1-10(2,3)8-5-4-7(11)6-9(8)12(13)14/h4-6H,11H2,1-3H3. The molecule has 0 saturated heterocycles. The molecular formula is C10H14N2O2. The van der Waals surface area contributed by atoms with Crippen molar-refractivity contribution in [2.45, 2.75) is 26.2 Å². The number of nitro benzene ring substituents is 1. The number of benzene rings is 1. The normalized spacial score (nSPS) is 11.4. The van der Waals surface area contributed by atoms with Crippen molar-refractivity contribution in [2.75, 3.05) is 5.73 Å². The maximum absolute atomic E-state index is 10.8. The van der Waals surface area contributed by atoms with Crippen LogP contribution in [0.3, 0.4) is 0 Å². The number of anilines is 1. The van der Waals surface area contributed by atoms with Gasteiger partial charge in [0.1, 0.15) is 0 Å². The summed E-state index contributed by atoms with van der Waals surface area (Å²) in [7, 11) is 0. The molecule has 1 rings (SSSR count). The Hall–Kier alpha value is -1.58. The largest absolute Gasteiger partial charge is 0.399 e. The van der Waals surface area contributed by atoms with E-state index in [1.54, 1.807) is 12.1 Å². The number of nitro groups is 1. The molecular weight excluding hydrogens is 180 g/mol. The van der Waals surface area contributed by atoms with E-state index < -0.39 is 4.92 Å². The predicted octanol–water partition coefficient (Wildman–Crippen LogP) is 2.47. The Morgan fingerprint density at radius 2 is 1.93 bits per heavy atom. The monoisotopic (exact) mass is 194 g/mol. The average molecular weight is 194 g/mol. The fourth-order valence-corrected chi connectivity index (χ4v) is 1.33. The molecule has 0 aromatic heterocycles. The first-order valence-corrected chi connectivity index (χ1v) is 4.37. The molecule has 0 bridgehead atoms. The number of rotatable bonds is 1. The summed E-state index contributed by atoms with van der Waals surface area (Å²) in [4.78, 5) is 10.4. The molecule has 0 aliphatic carbocycles. The summed E-state index contributed by atoms with van der Waals surface area (Å²) in [6.07, 6.45) is 0. The zero-order valence-corrected chi connectivity index (χ0v) is 8.57. The van der Waals surface area contributed by atoms with Gasteiger partial charge in [0.25, 0.3) is 5.69 Å². The Morgan fingerprint density at radius 3 is 2.36 bits per heavy atom. The van der Waals surface area contributed by atoms with Crippen LogP contribution in [0.1, 0.15) is 26.3 Å². The lowest BCUT2D eigenvalue weighted by Crippen LogP contribution is -2.13. The number of nitrogens with zero attached hydrogens (tertiary/aromatic N) is 1. The molecule has 0 aliphatic heterocycles. The molecule has 0 amide bonds. The number of nitrogens with two attached hydrogens (primary N) is 1. The zero-order valence-electron chi connectivity index (χ0n) is 8.57. The Balaban J connectivity index is 3.37. The van der Waals surface area contributed by atoms with Gasteiger partial charge in [-0.05, 0) is 17.5 Å². The van der Waals surface area contributed by atoms with Crippen LogP contribution < -0.4 is 5.73 Å². The second kappa shape index (κ2) is 3.29. The van der Waals surface area contributed by atoms with Crippen molar-refractivity contribution in [2.24, 2.45) is 0 Å². The molecule has 0 atom stereocenters. The van der Waals surface area contributed by atoms with Gasteiger partial charge in [0.15, 0.2) is 0 Å². The van der Waals surface area contributed by atoms with E-state index in [0.717, 1.165) is 0 Å². The van der Waals surface area contributed by atoms with Crippen LogP contribution in [0.4, 0.5) is 11.4 Å². The van der Waals surface area contributed by atoms with Crippen LogP contribution in [0.5, 0.6) is 0 Å². The van der Waals surface area contributed by atoms with Crippen LogP contribution in [0.15, 0.2) is 18.2 Å². The highest BCUT2D eigenvalue weighted by molar-refractivity contribution is 5.54. The number of hydrogen-bond donors (Lipinski definition) is 1. The minimum Gasteiger partial charge on any atom is -0.399 e. The van der Waals surface area contributed by atoms with E-state index in [-0.39, 0.29) is 11.1 Å². The summed E-state index contributed by atoms with van der Waals surface area (Å²) >= 11 is 0. The van der Waals surface area contributed by atoms with Crippen LogP contribution in [0.2, 0.25) is 0 Å². The van der Waals surface area contributed by atoms with Crippen molar-refractivity contribution in [3.8, 4) is 0 Å². The van der Waals surface area contributed by atoms with E-state index in [1.165, 1.54) is 6.07 Å². The van der Waals surface area contributed by atoms with Crippen molar-refractivity contribution < 1.29 is 4.92 Å². The molecule has 0 radical (unpaired) electrons. The van der Waals surface area contributed by atoms with E-state index in [2.05, 4.69) is 0 Å². The van der Waals surface area contributed by atoms with E-state index in [4.69, 9.17) is 5.73 Å². The first-order valence-electron chi connectivity index (χ1n) is 4.37. The van der Waals surface area contributed by atoms with Gasteiger partial charge in [-0.2, -0.15) is 0 Å². The maximum atomic E-state index is 10.8. The summed E-state index contributed by atoms with van der Waals surface area (Å²) in [6, 6.07) is 4.81. The molecule has 14 heavy (non-hydrogen) atoms. The average Bonchev–Trinajstić information content (AvgIpc) is 2.01. The lowest BCUT2D eigenvalue weighted by Gasteiger charge is -2.18. The van der Waals surface area contributed by atoms with Crippen molar-refractivity contribution in [3.05, 3.63) is 33.9 Å². The fourth-order valence-electron chi connectivity index (χ4n) is 1.33. The van der Waals surface area contributed by atoms with Crippen LogP contribution in [-0.2, 0) is 5.41 Å². The summed E-state index contributed by atoms with van der Waals surface area (Å²) in [5.74, 6) is 0. The highest BCUT2D eigenvalue weighted by atomic mass is 16.6. The molecule has 0 unspecified atom stereocenters. The molecule has 0 fully saturated rings. The van der Waals surface area contributed by atoms with Crippen LogP contribution in [0, 0.1) is 10.1 Å². The predicted molar refractivity (Wildman–Crippen MR) is 56.2 cm³/mol. The molecule has 1 aromatic carbocycles. The minimum absolute atomic E-state index is 0.0949. The zero-order chi connectivity index (χ0) is 10.9. The smallest absolute Gasteiger partial charge is 0.275 e. The molecule has 0 saturated carbocycles. The van der Waals surface area contributed by atoms with Gasteiger partial charge in [-0.25, -0.2) is 0 Å². The SMILES string of the molecule is CC(C)(C)c1ccc(N)cc1[N+](=O)[O-]. The Morgan fingerprint density at radius 1 is 1.36 bits per heavy atom. The van der Waals surface area contributed by atoms with Crippen molar-refractivity contribution in [1.82, 2.24) is 0 Å². The van der Waals surface area contributed by atoms with Crippen molar-refractivity contribution in [1.29, 1.82) is 0 Å². The van der Waals surface area contributed by atoms with Gasteiger partial charge in [-0.15, -0.1) is 0 Å². The van der Waals surface area contributed by atoms with Crippen molar-refractivity contribution >= 4 is 11.4 Å². The van der Waals surface area contributed by atoms with Crippen LogP contribution in [0.25, 0.3) is 0 Å². The molecule has 0 spiro atoms. The van der Waals surface area contributed by atoms with Crippen LogP contribution in [-0.4, -0.2) is 4.92 Å². The number of hydrogen-bond acceptors (Lipinski definition) is 3. The van der Waals surface area contributed by atoms with Gasteiger partial charge in [-0.3, -0.25) is 10.1 Å². The van der Waals surface area contributed by atoms with Gasteiger partial charge in [0, 0.05) is 17.3 Å². The molecule has 4 nitrogen and oxygen atoms in total. The Labute approximate surface area is 82.9 Å². The summed E-state index contributed by atoms with van der Waals surface area (Å²) in [6.45, 7) is 5.81. The van der Waals surface area contributed by atoms with Gasteiger partial charge in [0.05, 0.1) is 4.92 Å². The van der Waals surface area contributed by atoms with Crippen molar-refractivity contribution in [3.63, 3.8) is 0 Å². The quantitative estimate of drug-likeness (QED) is 0.424. The third-order valence-electron chi connectivity index (χ3n) is 2.03. The Kier molecular flexibility index (Phi) is 2.47.